The molecule has 0 unspecified atom stereocenters. The molecule has 2 aromatic rings. The van der Waals surface area contributed by atoms with Crippen molar-refractivity contribution >= 4 is 24.2 Å². The number of nitrogens with one attached hydrogen (secondary N) is 1. The normalized spacial score (nSPS) is 9.40. The van der Waals surface area contributed by atoms with Crippen LogP contribution in [0.15, 0.2) is 54.6 Å². The zero-order valence-electron chi connectivity index (χ0n) is 10.9. The van der Waals surface area contributed by atoms with Crippen molar-refractivity contribution in [3.63, 3.8) is 0 Å². The molecule has 106 valence electrons. The Kier molecular flexibility index (Phi) is 6.40. The number of hydrogen-bond donors (Lipinski definition) is 2. The highest BCUT2D eigenvalue weighted by molar-refractivity contribution is 5.85. The number of alkyl carbamates (subject to hydrolysis) is 1. The van der Waals surface area contributed by atoms with Crippen LogP contribution in [0.4, 0.5) is 10.5 Å². The van der Waals surface area contributed by atoms with E-state index in [1.807, 2.05) is 48.5 Å². The summed E-state index contributed by atoms with van der Waals surface area (Å²) in [4.78, 5) is 11.5. The average molecular weight is 293 g/mol. The van der Waals surface area contributed by atoms with Crippen molar-refractivity contribution in [2.24, 2.45) is 0 Å². The van der Waals surface area contributed by atoms with Crippen molar-refractivity contribution in [3.8, 4) is 0 Å². The molecule has 4 nitrogen and oxygen atoms in total. The number of carbonyl (C=O) groups is 1. The van der Waals surface area contributed by atoms with Crippen molar-refractivity contribution in [2.75, 3.05) is 5.73 Å². The van der Waals surface area contributed by atoms with Gasteiger partial charge in [0.15, 0.2) is 0 Å². The first-order valence-corrected chi connectivity index (χ1v) is 6.03. The summed E-state index contributed by atoms with van der Waals surface area (Å²) >= 11 is 0. The minimum Gasteiger partial charge on any atom is -0.445 e. The molecule has 1 amide bonds. The Hall–Kier alpha value is -2.20. The second-order valence-corrected chi connectivity index (χ2v) is 4.16. The Balaban J connectivity index is 0.00000200. The molecule has 0 bridgehead atoms. The van der Waals surface area contributed by atoms with Gasteiger partial charge >= 0.3 is 6.09 Å². The summed E-state index contributed by atoms with van der Waals surface area (Å²) in [5.74, 6) is 0. The number of rotatable bonds is 4. The molecule has 0 heterocycles. The van der Waals surface area contributed by atoms with E-state index in [2.05, 4.69) is 5.32 Å². The highest BCUT2D eigenvalue weighted by Crippen LogP contribution is 2.06. The largest absolute Gasteiger partial charge is 0.445 e. The van der Waals surface area contributed by atoms with Crippen LogP contribution in [0.1, 0.15) is 11.1 Å². The molecule has 3 N–H and O–H groups in total. The van der Waals surface area contributed by atoms with Crippen LogP contribution < -0.4 is 11.1 Å². The molecule has 2 aromatic carbocycles. The number of benzene rings is 2. The Morgan fingerprint density at radius 3 is 2.45 bits per heavy atom. The molecule has 0 spiro atoms. The van der Waals surface area contributed by atoms with Crippen molar-refractivity contribution in [2.45, 2.75) is 13.2 Å². The van der Waals surface area contributed by atoms with E-state index in [1.165, 1.54) is 0 Å². The third-order valence-electron chi connectivity index (χ3n) is 2.60. The topological polar surface area (TPSA) is 64.3 Å². The maximum absolute atomic E-state index is 11.5. The molecule has 0 aliphatic rings. The molecular weight excluding hydrogens is 276 g/mol. The Labute approximate surface area is 124 Å². The predicted molar refractivity (Wildman–Crippen MR) is 81.6 cm³/mol. The molecule has 0 saturated carbocycles. The summed E-state index contributed by atoms with van der Waals surface area (Å²) in [6, 6.07) is 16.9. The summed E-state index contributed by atoms with van der Waals surface area (Å²) in [6.07, 6.45) is -0.439. The minimum atomic E-state index is -0.439. The summed E-state index contributed by atoms with van der Waals surface area (Å²) in [5.41, 5.74) is 8.23. The van der Waals surface area contributed by atoms with Crippen LogP contribution in [-0.4, -0.2) is 6.09 Å². The summed E-state index contributed by atoms with van der Waals surface area (Å²) in [6.45, 7) is 0.669. The van der Waals surface area contributed by atoms with E-state index in [0.717, 1.165) is 11.1 Å². The fourth-order valence-electron chi connectivity index (χ4n) is 1.65. The second-order valence-electron chi connectivity index (χ2n) is 4.16. The summed E-state index contributed by atoms with van der Waals surface area (Å²) in [5, 5.41) is 2.68. The Morgan fingerprint density at radius 2 is 1.75 bits per heavy atom. The maximum atomic E-state index is 11.5. The monoisotopic (exact) mass is 292 g/mol. The molecule has 0 aliphatic heterocycles. The first kappa shape index (κ1) is 15.9. The standard InChI is InChI=1S/C15H16N2O2.ClH/c16-14-8-4-7-13(9-14)10-17-15(18)19-11-12-5-2-1-3-6-12;/h1-9H,10-11,16H2,(H,17,18);1H. The number of halogens is 1. The van der Waals surface area contributed by atoms with Crippen LogP contribution >= 0.6 is 12.4 Å². The first-order valence-electron chi connectivity index (χ1n) is 6.03. The number of carbonyl (C=O) groups excluding carboxylic acids is 1. The van der Waals surface area contributed by atoms with Crippen LogP contribution in [0.25, 0.3) is 0 Å². The second kappa shape index (κ2) is 8.07. The van der Waals surface area contributed by atoms with Crippen molar-refractivity contribution in [1.82, 2.24) is 5.32 Å². The van der Waals surface area contributed by atoms with Crippen LogP contribution in [0.5, 0.6) is 0 Å². The Morgan fingerprint density at radius 1 is 1.05 bits per heavy atom. The predicted octanol–water partition coefficient (Wildman–Crippen LogP) is 3.12. The van der Waals surface area contributed by atoms with Crippen molar-refractivity contribution < 1.29 is 9.53 Å². The average Bonchev–Trinajstić information content (AvgIpc) is 2.44. The maximum Gasteiger partial charge on any atom is 0.407 e. The van der Waals surface area contributed by atoms with E-state index in [1.54, 1.807) is 6.07 Å². The van der Waals surface area contributed by atoms with Gasteiger partial charge in [-0.2, -0.15) is 0 Å². The minimum absolute atomic E-state index is 0. The highest BCUT2D eigenvalue weighted by atomic mass is 35.5. The van der Waals surface area contributed by atoms with Gasteiger partial charge in [-0.25, -0.2) is 4.79 Å². The van der Waals surface area contributed by atoms with Gasteiger partial charge in [0.05, 0.1) is 0 Å². The van der Waals surface area contributed by atoms with Gasteiger partial charge in [0.25, 0.3) is 0 Å². The van der Waals surface area contributed by atoms with Crippen LogP contribution in [-0.2, 0) is 17.9 Å². The van der Waals surface area contributed by atoms with Gasteiger partial charge in [0.1, 0.15) is 6.61 Å². The molecule has 0 fully saturated rings. The molecule has 5 heteroatoms. The van der Waals surface area contributed by atoms with Gasteiger partial charge in [-0.1, -0.05) is 42.5 Å². The Bertz CT molecular complexity index is 547. The quantitative estimate of drug-likeness (QED) is 0.851. The van der Waals surface area contributed by atoms with Crippen LogP contribution in [0.3, 0.4) is 0 Å². The molecule has 0 saturated heterocycles. The van der Waals surface area contributed by atoms with Gasteiger partial charge in [-0.05, 0) is 23.3 Å². The van der Waals surface area contributed by atoms with E-state index in [4.69, 9.17) is 10.5 Å². The molecule has 0 aromatic heterocycles. The van der Waals surface area contributed by atoms with Gasteiger partial charge in [-0.3, -0.25) is 0 Å². The zero-order valence-corrected chi connectivity index (χ0v) is 11.7. The lowest BCUT2D eigenvalue weighted by molar-refractivity contribution is 0.139. The van der Waals surface area contributed by atoms with Gasteiger partial charge in [-0.15, -0.1) is 12.4 Å². The van der Waals surface area contributed by atoms with E-state index in [-0.39, 0.29) is 19.0 Å². The molecule has 0 atom stereocenters. The molecule has 0 aliphatic carbocycles. The third-order valence-corrected chi connectivity index (χ3v) is 2.60. The summed E-state index contributed by atoms with van der Waals surface area (Å²) < 4.78 is 5.10. The van der Waals surface area contributed by atoms with Crippen molar-refractivity contribution in [1.29, 1.82) is 0 Å². The highest BCUT2D eigenvalue weighted by Gasteiger charge is 2.02. The number of nitrogens with two attached hydrogens (primary N) is 1. The SMILES string of the molecule is Cl.Nc1cccc(CNC(=O)OCc2ccccc2)c1. The third kappa shape index (κ3) is 5.20. The lowest BCUT2D eigenvalue weighted by Crippen LogP contribution is -2.23. The zero-order chi connectivity index (χ0) is 13.5. The number of nitrogen functional groups attached to an aromatic ring is 1. The number of ether oxygens (including phenoxy) is 1. The molecule has 2 rings (SSSR count). The van der Waals surface area contributed by atoms with Crippen LogP contribution in [0, 0.1) is 0 Å². The molecular formula is C15H17ClN2O2. The fourth-order valence-corrected chi connectivity index (χ4v) is 1.65. The van der Waals surface area contributed by atoms with Gasteiger partial charge < -0.3 is 15.8 Å². The lowest BCUT2D eigenvalue weighted by atomic mass is 10.2. The summed E-state index contributed by atoms with van der Waals surface area (Å²) in [7, 11) is 0. The number of amides is 1. The fraction of sp³-hybridized carbons (Fsp3) is 0.133. The van der Waals surface area contributed by atoms with E-state index in [9.17, 15) is 4.79 Å². The molecule has 0 radical (unpaired) electrons. The van der Waals surface area contributed by atoms with E-state index >= 15 is 0 Å². The van der Waals surface area contributed by atoms with E-state index < -0.39 is 6.09 Å². The first-order chi connectivity index (χ1) is 9.24. The van der Waals surface area contributed by atoms with Crippen molar-refractivity contribution in [3.05, 3.63) is 65.7 Å². The molecule has 20 heavy (non-hydrogen) atoms. The van der Waals surface area contributed by atoms with Gasteiger partial charge in [0, 0.05) is 12.2 Å². The smallest absolute Gasteiger partial charge is 0.407 e. The van der Waals surface area contributed by atoms with Crippen LogP contribution in [0.2, 0.25) is 0 Å². The lowest BCUT2D eigenvalue weighted by Gasteiger charge is -2.07. The van der Waals surface area contributed by atoms with E-state index in [0.29, 0.717) is 12.2 Å². The number of anilines is 1. The number of hydrogen-bond acceptors (Lipinski definition) is 3. The van der Waals surface area contributed by atoms with Gasteiger partial charge in [0.2, 0.25) is 0 Å².